The highest BCUT2D eigenvalue weighted by molar-refractivity contribution is 7.89. The van der Waals surface area contributed by atoms with Crippen LogP contribution in [0.15, 0.2) is 40.6 Å². The molecule has 0 saturated carbocycles. The molecule has 1 N–H and O–H groups in total. The van der Waals surface area contributed by atoms with Gasteiger partial charge in [0, 0.05) is 24.5 Å². The maximum Gasteiger partial charge on any atom is 0.240 e. The van der Waals surface area contributed by atoms with Crippen LogP contribution in [-0.2, 0) is 14.8 Å². The summed E-state index contributed by atoms with van der Waals surface area (Å²) in [6.07, 6.45) is 0. The van der Waals surface area contributed by atoms with Gasteiger partial charge in [-0.05, 0) is 42.1 Å². The molecule has 0 unspecified atom stereocenters. The van der Waals surface area contributed by atoms with E-state index >= 15 is 0 Å². The van der Waals surface area contributed by atoms with Gasteiger partial charge >= 0.3 is 0 Å². The smallest absolute Gasteiger partial charge is 0.240 e. The molecule has 1 aromatic carbocycles. The highest BCUT2D eigenvalue weighted by atomic mass is 32.2. The van der Waals surface area contributed by atoms with E-state index in [4.69, 9.17) is 9.47 Å². The maximum atomic E-state index is 12.7. The number of thiophene rings is 1. The molecular formula is C18H24N2O4S2. The molecule has 1 aliphatic heterocycles. The Kier molecular flexibility index (Phi) is 6.31. The molecule has 1 atom stereocenters. The van der Waals surface area contributed by atoms with Crippen LogP contribution in [0.4, 0.5) is 0 Å². The van der Waals surface area contributed by atoms with Crippen molar-refractivity contribution in [3.8, 4) is 5.75 Å². The summed E-state index contributed by atoms with van der Waals surface area (Å²) in [6, 6.07) is 8.95. The third kappa shape index (κ3) is 4.44. The van der Waals surface area contributed by atoms with E-state index in [1.807, 2.05) is 18.4 Å². The second-order valence-electron chi connectivity index (χ2n) is 6.16. The fourth-order valence-corrected chi connectivity index (χ4v) is 5.05. The Labute approximate surface area is 158 Å². The highest BCUT2D eigenvalue weighted by Crippen LogP contribution is 2.26. The quantitative estimate of drug-likeness (QED) is 0.778. The van der Waals surface area contributed by atoms with Gasteiger partial charge in [0.1, 0.15) is 5.75 Å². The third-order valence-corrected chi connectivity index (χ3v) is 6.90. The van der Waals surface area contributed by atoms with Crippen molar-refractivity contribution in [1.82, 2.24) is 9.62 Å². The van der Waals surface area contributed by atoms with Crippen LogP contribution in [0.1, 0.15) is 16.5 Å². The molecule has 0 radical (unpaired) electrons. The van der Waals surface area contributed by atoms with Crippen LogP contribution >= 0.6 is 11.3 Å². The van der Waals surface area contributed by atoms with E-state index in [1.165, 1.54) is 0 Å². The minimum Gasteiger partial charge on any atom is -0.496 e. The molecular weight excluding hydrogens is 372 g/mol. The number of methoxy groups -OCH3 is 1. The van der Waals surface area contributed by atoms with E-state index in [0.717, 1.165) is 23.5 Å². The lowest BCUT2D eigenvalue weighted by Crippen LogP contribution is -2.43. The molecule has 2 heterocycles. The predicted molar refractivity (Wildman–Crippen MR) is 102 cm³/mol. The van der Waals surface area contributed by atoms with Crippen molar-refractivity contribution in [3.05, 3.63) is 46.2 Å². The van der Waals surface area contributed by atoms with E-state index in [9.17, 15) is 8.42 Å². The monoisotopic (exact) mass is 396 g/mol. The van der Waals surface area contributed by atoms with Gasteiger partial charge in [0.2, 0.25) is 10.0 Å². The minimum absolute atomic E-state index is 0.00743. The number of aryl methyl sites for hydroxylation is 1. The van der Waals surface area contributed by atoms with Gasteiger partial charge in [-0.25, -0.2) is 13.1 Å². The molecule has 0 bridgehead atoms. The average Bonchev–Trinajstić information content (AvgIpc) is 3.17. The molecule has 6 nitrogen and oxygen atoms in total. The second-order valence-corrected chi connectivity index (χ2v) is 8.91. The van der Waals surface area contributed by atoms with Crippen molar-refractivity contribution in [2.45, 2.75) is 17.9 Å². The number of morpholine rings is 1. The summed E-state index contributed by atoms with van der Waals surface area (Å²) in [5.74, 6) is 0.675. The molecule has 1 aliphatic rings. The summed E-state index contributed by atoms with van der Waals surface area (Å²) in [4.78, 5) is 3.68. The molecule has 26 heavy (non-hydrogen) atoms. The van der Waals surface area contributed by atoms with Gasteiger partial charge in [0.05, 0.1) is 31.3 Å². The van der Waals surface area contributed by atoms with Crippen molar-refractivity contribution in [2.24, 2.45) is 0 Å². The number of nitrogens with zero attached hydrogens (tertiary/aromatic N) is 1. The highest BCUT2D eigenvalue weighted by Gasteiger charge is 2.26. The topological polar surface area (TPSA) is 67.9 Å². The number of sulfonamides is 1. The summed E-state index contributed by atoms with van der Waals surface area (Å²) in [5.41, 5.74) is 0.790. The SMILES string of the molecule is COc1ccc(S(=O)(=O)NC[C@H](c2cccs2)N2CCOCC2)cc1C. The number of rotatable bonds is 7. The van der Waals surface area contributed by atoms with Crippen LogP contribution in [0.25, 0.3) is 0 Å². The normalized spacial score (nSPS) is 17.2. The number of ether oxygens (including phenoxy) is 2. The van der Waals surface area contributed by atoms with Gasteiger partial charge in [0.15, 0.2) is 0 Å². The number of hydrogen-bond donors (Lipinski definition) is 1. The first kappa shape index (κ1) is 19.3. The summed E-state index contributed by atoms with van der Waals surface area (Å²) >= 11 is 1.64. The summed E-state index contributed by atoms with van der Waals surface area (Å²) < 4.78 is 38.9. The van der Waals surface area contributed by atoms with Crippen LogP contribution < -0.4 is 9.46 Å². The van der Waals surface area contributed by atoms with E-state index in [1.54, 1.807) is 36.6 Å². The van der Waals surface area contributed by atoms with Gasteiger partial charge in [-0.3, -0.25) is 4.90 Å². The molecule has 0 amide bonds. The second kappa shape index (κ2) is 8.49. The Morgan fingerprint density at radius 1 is 1.31 bits per heavy atom. The first-order chi connectivity index (χ1) is 12.5. The Morgan fingerprint density at radius 3 is 2.69 bits per heavy atom. The van der Waals surface area contributed by atoms with Gasteiger partial charge < -0.3 is 9.47 Å². The third-order valence-electron chi connectivity index (χ3n) is 4.50. The van der Waals surface area contributed by atoms with Crippen molar-refractivity contribution in [3.63, 3.8) is 0 Å². The first-order valence-corrected chi connectivity index (χ1v) is 10.9. The zero-order valence-corrected chi connectivity index (χ0v) is 16.6. The molecule has 8 heteroatoms. The molecule has 1 saturated heterocycles. The van der Waals surface area contributed by atoms with E-state index < -0.39 is 10.0 Å². The predicted octanol–water partition coefficient (Wildman–Crippen LogP) is 2.42. The van der Waals surface area contributed by atoms with E-state index in [0.29, 0.717) is 25.5 Å². The molecule has 1 fully saturated rings. The first-order valence-electron chi connectivity index (χ1n) is 8.51. The van der Waals surface area contributed by atoms with Gasteiger partial charge in [-0.15, -0.1) is 11.3 Å². The van der Waals surface area contributed by atoms with E-state index in [-0.39, 0.29) is 10.9 Å². The zero-order valence-electron chi connectivity index (χ0n) is 15.0. The Hall–Kier alpha value is -1.45. The van der Waals surface area contributed by atoms with Crippen molar-refractivity contribution in [1.29, 1.82) is 0 Å². The largest absolute Gasteiger partial charge is 0.496 e. The summed E-state index contributed by atoms with van der Waals surface area (Å²) in [6.45, 7) is 5.10. The molecule has 0 aliphatic carbocycles. The molecule has 142 valence electrons. The summed E-state index contributed by atoms with van der Waals surface area (Å²) in [7, 11) is -2.02. The van der Waals surface area contributed by atoms with Crippen molar-refractivity contribution >= 4 is 21.4 Å². The summed E-state index contributed by atoms with van der Waals surface area (Å²) in [5, 5.41) is 2.02. The Bertz CT molecular complexity index is 816. The Morgan fingerprint density at radius 2 is 2.08 bits per heavy atom. The maximum absolute atomic E-state index is 12.7. The van der Waals surface area contributed by atoms with E-state index in [2.05, 4.69) is 15.7 Å². The van der Waals surface area contributed by atoms with Crippen molar-refractivity contribution in [2.75, 3.05) is 40.0 Å². The lowest BCUT2D eigenvalue weighted by molar-refractivity contribution is 0.0179. The van der Waals surface area contributed by atoms with Crippen LogP contribution in [0.2, 0.25) is 0 Å². The number of benzene rings is 1. The molecule has 0 spiro atoms. The number of nitrogens with one attached hydrogen (secondary N) is 1. The van der Waals surface area contributed by atoms with Gasteiger partial charge in [-0.1, -0.05) is 6.07 Å². The average molecular weight is 397 g/mol. The molecule has 1 aromatic heterocycles. The van der Waals surface area contributed by atoms with Crippen LogP contribution in [0.5, 0.6) is 5.75 Å². The van der Waals surface area contributed by atoms with Crippen LogP contribution in [0, 0.1) is 6.92 Å². The van der Waals surface area contributed by atoms with Crippen molar-refractivity contribution < 1.29 is 17.9 Å². The van der Waals surface area contributed by atoms with Crippen LogP contribution in [-0.4, -0.2) is 53.3 Å². The van der Waals surface area contributed by atoms with Gasteiger partial charge in [-0.2, -0.15) is 0 Å². The van der Waals surface area contributed by atoms with Gasteiger partial charge in [0.25, 0.3) is 0 Å². The number of hydrogen-bond acceptors (Lipinski definition) is 6. The molecule has 3 rings (SSSR count). The fourth-order valence-electron chi connectivity index (χ4n) is 3.07. The molecule has 2 aromatic rings. The minimum atomic E-state index is -3.59. The fraction of sp³-hybridized carbons (Fsp3) is 0.444. The lowest BCUT2D eigenvalue weighted by Gasteiger charge is -2.34. The standard InChI is InChI=1S/C18H24N2O4S2/c1-14-12-15(5-6-17(14)23-2)26(21,22)19-13-16(18-4-3-11-25-18)20-7-9-24-10-8-20/h3-6,11-12,16,19H,7-10,13H2,1-2H3/t16-/m1/s1. The lowest BCUT2D eigenvalue weighted by atomic mass is 10.2. The van der Waals surface area contributed by atoms with Crippen LogP contribution in [0.3, 0.4) is 0 Å². The zero-order chi connectivity index (χ0) is 18.6. The Balaban J connectivity index is 1.76.